The fourth-order valence-electron chi connectivity index (χ4n) is 6.57. The van der Waals surface area contributed by atoms with Gasteiger partial charge < -0.3 is 14.9 Å². The molecule has 0 aromatic heterocycles. The van der Waals surface area contributed by atoms with Crippen molar-refractivity contribution in [3.8, 4) is 12.1 Å². The Bertz CT molecular complexity index is 942. The van der Waals surface area contributed by atoms with Gasteiger partial charge in [0.15, 0.2) is 0 Å². The van der Waals surface area contributed by atoms with Crippen molar-refractivity contribution in [3.05, 3.63) is 12.7 Å². The first-order chi connectivity index (χ1) is 18.6. The van der Waals surface area contributed by atoms with Gasteiger partial charge in [-0.25, -0.2) is 0 Å². The molecule has 0 aromatic rings. The lowest BCUT2D eigenvalue weighted by Crippen LogP contribution is -2.49. The summed E-state index contributed by atoms with van der Waals surface area (Å²) in [6.07, 6.45) is 15.8. The molecule has 4 atom stereocenters. The van der Waals surface area contributed by atoms with Crippen LogP contribution >= 0.6 is 0 Å². The lowest BCUT2D eigenvalue weighted by atomic mass is 9.61. The van der Waals surface area contributed by atoms with E-state index in [2.05, 4.69) is 18.7 Å². The van der Waals surface area contributed by atoms with Crippen molar-refractivity contribution in [3.63, 3.8) is 0 Å². The molecule has 4 fully saturated rings. The first-order valence-electron chi connectivity index (χ1n) is 15.1. The molecule has 4 aliphatic rings. The van der Waals surface area contributed by atoms with Crippen molar-refractivity contribution in [1.29, 1.82) is 10.5 Å². The summed E-state index contributed by atoms with van der Waals surface area (Å²) in [5.41, 5.74) is -0.282. The van der Waals surface area contributed by atoms with Gasteiger partial charge in [0, 0.05) is 38.0 Å². The highest BCUT2D eigenvalue weighted by Gasteiger charge is 2.46. The molecule has 0 spiro atoms. The molecule has 4 rings (SSSR count). The van der Waals surface area contributed by atoms with Gasteiger partial charge in [-0.1, -0.05) is 64.9 Å². The van der Waals surface area contributed by atoms with Gasteiger partial charge in [-0.15, -0.1) is 6.58 Å². The summed E-state index contributed by atoms with van der Waals surface area (Å²) in [6, 6.07) is 4.00. The molecule has 1 N–H and O–H groups in total. The second-order valence-corrected chi connectivity index (χ2v) is 13.0. The maximum atomic E-state index is 12.7. The third kappa shape index (κ3) is 7.23. The molecule has 0 saturated heterocycles. The Morgan fingerprint density at radius 3 is 1.62 bits per heavy atom. The molecule has 0 bridgehead atoms. The molecule has 7 nitrogen and oxygen atoms in total. The minimum absolute atomic E-state index is 0.0148. The topological polar surface area (TPSA) is 108 Å². The summed E-state index contributed by atoms with van der Waals surface area (Å²) in [5.74, 6) is 1.16. The van der Waals surface area contributed by atoms with Crippen LogP contribution in [0.25, 0.3) is 0 Å². The molecule has 39 heavy (non-hydrogen) atoms. The van der Waals surface area contributed by atoms with Gasteiger partial charge in [-0.05, 0) is 55.8 Å². The number of hydrogen-bond acceptors (Lipinski definition) is 5. The zero-order chi connectivity index (χ0) is 28.8. The Morgan fingerprint density at radius 2 is 1.31 bits per heavy atom. The molecular weight excluding hydrogens is 488 g/mol. The molecule has 7 heteroatoms. The number of amides is 2. The van der Waals surface area contributed by atoms with Crippen molar-refractivity contribution >= 4 is 11.8 Å². The molecule has 0 aliphatic heterocycles. The highest BCUT2D eigenvalue weighted by Crippen LogP contribution is 2.48. The summed E-state index contributed by atoms with van der Waals surface area (Å²) in [7, 11) is 3.53. The minimum Gasteiger partial charge on any atom is -0.396 e. The summed E-state index contributed by atoms with van der Waals surface area (Å²) >= 11 is 0. The average Bonchev–Trinajstić information content (AvgIpc) is 3.87. The smallest absolute Gasteiger partial charge is 0.227 e. The molecular formula is C32H50N4O3. The van der Waals surface area contributed by atoms with Crippen LogP contribution in [0.2, 0.25) is 0 Å². The van der Waals surface area contributed by atoms with E-state index in [1.54, 1.807) is 23.9 Å². The van der Waals surface area contributed by atoms with E-state index in [1.165, 1.54) is 38.5 Å². The fraction of sp³-hybridized carbons (Fsp3) is 0.812. The zero-order valence-electron chi connectivity index (χ0n) is 24.7. The normalized spacial score (nSPS) is 23.8. The third-order valence-electron chi connectivity index (χ3n) is 10.6. The van der Waals surface area contributed by atoms with Crippen LogP contribution in [0.4, 0.5) is 0 Å². The Morgan fingerprint density at radius 1 is 0.872 bits per heavy atom. The lowest BCUT2D eigenvalue weighted by molar-refractivity contribution is -0.144. The van der Waals surface area contributed by atoms with E-state index < -0.39 is 0 Å². The Balaban J connectivity index is 0.000000216. The quantitative estimate of drug-likeness (QED) is 0.332. The summed E-state index contributed by atoms with van der Waals surface area (Å²) in [6.45, 7) is 7.96. The van der Waals surface area contributed by atoms with Gasteiger partial charge in [0.05, 0.1) is 12.1 Å². The first kappa shape index (κ1) is 31.2. The zero-order valence-corrected chi connectivity index (χ0v) is 24.7. The number of hydrogen-bond donors (Lipinski definition) is 1. The van der Waals surface area contributed by atoms with E-state index in [0.717, 1.165) is 44.9 Å². The van der Waals surface area contributed by atoms with Gasteiger partial charge >= 0.3 is 0 Å². The van der Waals surface area contributed by atoms with Crippen molar-refractivity contribution < 1.29 is 14.7 Å². The molecule has 0 aromatic carbocycles. The lowest BCUT2D eigenvalue weighted by Gasteiger charge is -2.45. The number of carbonyl (C=O) groups excluding carboxylic acids is 2. The van der Waals surface area contributed by atoms with Gasteiger partial charge in [0.1, 0.15) is 12.1 Å². The van der Waals surface area contributed by atoms with E-state index in [4.69, 9.17) is 0 Å². The van der Waals surface area contributed by atoms with E-state index >= 15 is 0 Å². The van der Waals surface area contributed by atoms with Crippen LogP contribution < -0.4 is 0 Å². The Kier molecular flexibility index (Phi) is 10.6. The summed E-state index contributed by atoms with van der Waals surface area (Å²) < 4.78 is 0. The van der Waals surface area contributed by atoms with Crippen LogP contribution in [0.15, 0.2) is 12.7 Å². The highest BCUT2D eigenvalue weighted by molar-refractivity contribution is 5.80. The number of rotatable bonds is 12. The molecule has 216 valence electrons. The highest BCUT2D eigenvalue weighted by atomic mass is 16.3. The van der Waals surface area contributed by atoms with Crippen molar-refractivity contribution in [1.82, 2.24) is 9.80 Å². The van der Waals surface area contributed by atoms with Crippen LogP contribution in [0.3, 0.4) is 0 Å². The van der Waals surface area contributed by atoms with Gasteiger partial charge in [0.2, 0.25) is 11.8 Å². The number of aliphatic hydroxyl groups excluding tert-OH is 1. The van der Waals surface area contributed by atoms with Crippen LogP contribution in [0, 0.1) is 57.2 Å². The van der Waals surface area contributed by atoms with E-state index in [9.17, 15) is 25.2 Å². The van der Waals surface area contributed by atoms with Crippen LogP contribution in [0.5, 0.6) is 0 Å². The van der Waals surface area contributed by atoms with Gasteiger partial charge in [-0.3, -0.25) is 9.59 Å². The maximum Gasteiger partial charge on any atom is 0.227 e. The second kappa shape index (κ2) is 13.3. The Labute approximate surface area is 236 Å². The number of nitriles is 2. The summed E-state index contributed by atoms with van der Waals surface area (Å²) in [5, 5.41) is 28.1. The second-order valence-electron chi connectivity index (χ2n) is 13.0. The summed E-state index contributed by atoms with van der Waals surface area (Å²) in [4.78, 5) is 28.5. The van der Waals surface area contributed by atoms with Crippen molar-refractivity contribution in [2.24, 2.45) is 34.5 Å². The van der Waals surface area contributed by atoms with Gasteiger partial charge in [0.25, 0.3) is 0 Å². The maximum absolute atomic E-state index is 12.7. The number of carbonyl (C=O) groups is 2. The van der Waals surface area contributed by atoms with E-state index in [-0.39, 0.29) is 53.2 Å². The molecule has 2 unspecified atom stereocenters. The molecule has 0 heterocycles. The van der Waals surface area contributed by atoms with Crippen LogP contribution in [-0.2, 0) is 9.59 Å². The average molecular weight is 539 g/mol. The predicted molar refractivity (Wildman–Crippen MR) is 152 cm³/mol. The van der Waals surface area contributed by atoms with Crippen LogP contribution in [-0.4, -0.2) is 59.5 Å². The number of aliphatic hydroxyl groups is 1. The first-order valence-corrected chi connectivity index (χ1v) is 15.1. The van der Waals surface area contributed by atoms with Crippen molar-refractivity contribution in [2.45, 2.75) is 109 Å². The molecule has 4 aliphatic carbocycles. The standard InChI is InChI=1S/C17H26N2O.C15H24N2O2/c1-4-17(9-5-6-10-17)13(2)16(20)19(3)15(12-18)11-14-7-8-14;1-11(15(10-18)6-3-7-15)14(19)17(2)13(9-16)8-12-4-5-12/h4,13-15H,1,5-11H2,2-3H3;11-13,18H,3-8,10H2,1-2H3/t13-,15?;11-,13?/m11/s1. The molecule has 2 amide bonds. The SMILES string of the molecule is C=CC1([C@H](C)C(=O)N(C)C(C#N)CC2CC2)CCCC1.C[C@H](C(=O)N(C)C(C#N)CC1CC1)C1(CO)CCC1. The monoisotopic (exact) mass is 538 g/mol. The Hall–Kier alpha value is -2.38. The van der Waals surface area contributed by atoms with Gasteiger partial charge in [-0.2, -0.15) is 10.5 Å². The molecule has 0 radical (unpaired) electrons. The number of nitrogens with zero attached hydrogens (tertiary/aromatic N) is 4. The fourth-order valence-corrected chi connectivity index (χ4v) is 6.57. The largest absolute Gasteiger partial charge is 0.396 e. The molecule has 4 saturated carbocycles. The van der Waals surface area contributed by atoms with Crippen LogP contribution in [0.1, 0.15) is 97.3 Å². The van der Waals surface area contributed by atoms with Crippen molar-refractivity contribution in [2.75, 3.05) is 20.7 Å². The third-order valence-corrected chi connectivity index (χ3v) is 10.6. The number of allylic oxidation sites excluding steroid dienone is 1. The van der Waals surface area contributed by atoms with E-state index in [0.29, 0.717) is 11.8 Å². The minimum atomic E-state index is -0.307. The predicted octanol–water partition coefficient (Wildman–Crippen LogP) is 5.46. The van der Waals surface area contributed by atoms with E-state index in [1.807, 2.05) is 19.9 Å².